The average Bonchev–Trinajstić information content (AvgIpc) is 2.99. The highest BCUT2D eigenvalue weighted by molar-refractivity contribution is 7.14. The topological polar surface area (TPSA) is 96.2 Å². The van der Waals surface area contributed by atoms with Crippen LogP contribution in [0.15, 0.2) is 46.0 Å². The van der Waals surface area contributed by atoms with Crippen LogP contribution in [-0.2, 0) is 9.63 Å². The number of aliphatic carboxylic acids is 1. The van der Waals surface area contributed by atoms with E-state index in [1.165, 1.54) is 18.4 Å². The first-order chi connectivity index (χ1) is 10.6. The zero-order valence-electron chi connectivity index (χ0n) is 12.0. The first-order valence-electron chi connectivity index (χ1n) is 6.28. The summed E-state index contributed by atoms with van der Waals surface area (Å²) >= 11 is 1.23. The van der Waals surface area contributed by atoms with E-state index in [0.717, 1.165) is 11.3 Å². The van der Waals surface area contributed by atoms with Gasteiger partial charge in [-0.2, -0.15) is 5.10 Å². The summed E-state index contributed by atoms with van der Waals surface area (Å²) in [5.41, 5.74) is 4.55. The Labute approximate surface area is 131 Å². The molecule has 0 aliphatic rings. The Morgan fingerprint density at radius 3 is 2.73 bits per heavy atom. The number of carboxylic acid groups (broad SMARTS) is 1. The van der Waals surface area contributed by atoms with Crippen molar-refractivity contribution in [3.05, 3.63) is 47.0 Å². The molecule has 7 nitrogen and oxygen atoms in total. The summed E-state index contributed by atoms with van der Waals surface area (Å²) in [5, 5.41) is 18.8. The van der Waals surface area contributed by atoms with E-state index in [-0.39, 0.29) is 11.4 Å². The molecule has 2 N–H and O–H groups in total. The number of nitrogens with zero attached hydrogens (tertiary/aromatic N) is 3. The molecular weight excluding hydrogens is 304 g/mol. The van der Waals surface area contributed by atoms with Gasteiger partial charge < -0.3 is 9.94 Å². The van der Waals surface area contributed by atoms with Crippen molar-refractivity contribution in [1.29, 1.82) is 0 Å². The van der Waals surface area contributed by atoms with Crippen LogP contribution >= 0.6 is 11.3 Å². The molecule has 0 amide bonds. The predicted molar refractivity (Wildman–Crippen MR) is 85.6 cm³/mol. The van der Waals surface area contributed by atoms with E-state index < -0.39 is 5.97 Å². The smallest absolute Gasteiger partial charge is 0.360 e. The number of benzene rings is 1. The maximum atomic E-state index is 11.1. The lowest BCUT2D eigenvalue weighted by atomic mass is 10.1. The molecule has 0 spiro atoms. The normalized spacial score (nSPS) is 12.1. The zero-order chi connectivity index (χ0) is 15.9. The minimum atomic E-state index is -1.21. The summed E-state index contributed by atoms with van der Waals surface area (Å²) in [6, 6.07) is 9.68. The highest BCUT2D eigenvalue weighted by Crippen LogP contribution is 2.16. The summed E-state index contributed by atoms with van der Waals surface area (Å²) in [6.07, 6.45) is 0. The van der Waals surface area contributed by atoms with Gasteiger partial charge in [0.05, 0.1) is 5.71 Å². The maximum absolute atomic E-state index is 11.1. The van der Waals surface area contributed by atoms with Crippen LogP contribution in [0.1, 0.15) is 18.2 Å². The molecule has 114 valence electrons. The number of oxime groups is 1. The lowest BCUT2D eigenvalue weighted by molar-refractivity contribution is -0.129. The van der Waals surface area contributed by atoms with Gasteiger partial charge in [-0.15, -0.1) is 11.3 Å². The minimum Gasteiger partial charge on any atom is -0.476 e. The molecule has 1 aromatic carbocycles. The molecule has 1 aromatic heterocycles. The molecule has 0 bridgehead atoms. The fourth-order valence-corrected chi connectivity index (χ4v) is 2.23. The van der Waals surface area contributed by atoms with Crippen LogP contribution in [0.25, 0.3) is 0 Å². The van der Waals surface area contributed by atoms with Crippen LogP contribution in [-0.4, -0.2) is 34.6 Å². The van der Waals surface area contributed by atoms with Crippen LogP contribution in [0.4, 0.5) is 5.13 Å². The summed E-state index contributed by atoms with van der Waals surface area (Å²) < 4.78 is 0. The van der Waals surface area contributed by atoms with Gasteiger partial charge >= 0.3 is 5.97 Å². The summed E-state index contributed by atoms with van der Waals surface area (Å²) in [6.45, 7) is 1.87. The largest absolute Gasteiger partial charge is 0.476 e. The van der Waals surface area contributed by atoms with Crippen molar-refractivity contribution in [2.24, 2.45) is 10.3 Å². The highest BCUT2D eigenvalue weighted by atomic mass is 32.1. The van der Waals surface area contributed by atoms with Crippen molar-refractivity contribution >= 4 is 33.9 Å². The SMILES string of the molecule is CO/N=C(/C(=O)O)c1csc(N/N=C(/C)c2ccccc2)n1. The van der Waals surface area contributed by atoms with Crippen LogP contribution in [0, 0.1) is 0 Å². The Bertz CT molecular complexity index is 710. The molecule has 0 aliphatic carbocycles. The molecule has 0 saturated heterocycles. The second-order valence-corrected chi connectivity index (χ2v) is 5.00. The number of rotatable bonds is 6. The molecule has 22 heavy (non-hydrogen) atoms. The molecule has 0 atom stereocenters. The van der Waals surface area contributed by atoms with Gasteiger partial charge in [-0.1, -0.05) is 35.5 Å². The molecule has 2 aromatic rings. The van der Waals surface area contributed by atoms with Crippen LogP contribution in [0.3, 0.4) is 0 Å². The van der Waals surface area contributed by atoms with Gasteiger partial charge in [-0.3, -0.25) is 5.43 Å². The number of thiazole rings is 1. The lowest BCUT2D eigenvalue weighted by Gasteiger charge is -2.00. The van der Waals surface area contributed by atoms with Crippen molar-refractivity contribution in [1.82, 2.24) is 4.98 Å². The van der Waals surface area contributed by atoms with Crippen LogP contribution in [0.5, 0.6) is 0 Å². The Balaban J connectivity index is 2.13. The van der Waals surface area contributed by atoms with Crippen molar-refractivity contribution in [2.45, 2.75) is 6.92 Å². The maximum Gasteiger partial charge on any atom is 0.360 e. The van der Waals surface area contributed by atoms with E-state index in [1.807, 2.05) is 37.3 Å². The van der Waals surface area contributed by atoms with E-state index in [4.69, 9.17) is 5.11 Å². The Morgan fingerprint density at radius 1 is 1.36 bits per heavy atom. The summed E-state index contributed by atoms with van der Waals surface area (Å²) in [4.78, 5) is 19.7. The van der Waals surface area contributed by atoms with E-state index in [2.05, 4.69) is 25.5 Å². The number of hydrogen-bond acceptors (Lipinski definition) is 7. The molecule has 0 aliphatic heterocycles. The minimum absolute atomic E-state index is 0.217. The van der Waals surface area contributed by atoms with Gasteiger partial charge in [0.15, 0.2) is 0 Å². The second-order valence-electron chi connectivity index (χ2n) is 4.14. The first-order valence-corrected chi connectivity index (χ1v) is 7.16. The fraction of sp³-hybridized carbons (Fsp3) is 0.143. The number of carbonyl (C=O) groups is 1. The van der Waals surface area contributed by atoms with Gasteiger partial charge in [-0.05, 0) is 12.5 Å². The fourth-order valence-electron chi connectivity index (χ4n) is 1.60. The Morgan fingerprint density at radius 2 is 2.09 bits per heavy atom. The van der Waals surface area contributed by atoms with Crippen LogP contribution < -0.4 is 5.43 Å². The molecule has 0 unspecified atom stereocenters. The van der Waals surface area contributed by atoms with Crippen LogP contribution in [0.2, 0.25) is 0 Å². The third-order valence-corrected chi connectivity index (χ3v) is 3.39. The van der Waals surface area contributed by atoms with Gasteiger partial charge in [0.2, 0.25) is 10.8 Å². The molecule has 8 heteroatoms. The standard InChI is InChI=1S/C14H14N4O3S/c1-9(10-6-4-3-5-7-10)16-17-14-15-11(8-22-14)12(13(19)20)18-21-2/h3-8H,1-2H3,(H,15,17)(H,19,20)/b16-9-,18-12+. The van der Waals surface area contributed by atoms with Crippen molar-refractivity contribution < 1.29 is 14.7 Å². The number of hydrogen-bond donors (Lipinski definition) is 2. The third kappa shape index (κ3) is 3.89. The van der Waals surface area contributed by atoms with Gasteiger partial charge in [0, 0.05) is 5.38 Å². The van der Waals surface area contributed by atoms with E-state index in [1.54, 1.807) is 5.38 Å². The zero-order valence-corrected chi connectivity index (χ0v) is 12.8. The van der Waals surface area contributed by atoms with Crippen molar-refractivity contribution in [3.8, 4) is 0 Å². The molecular formula is C14H14N4O3S. The van der Waals surface area contributed by atoms with E-state index in [0.29, 0.717) is 5.13 Å². The molecule has 1 heterocycles. The quantitative estimate of drug-likeness (QED) is 0.630. The van der Waals surface area contributed by atoms with Crippen molar-refractivity contribution in [3.63, 3.8) is 0 Å². The predicted octanol–water partition coefficient (Wildman–Crippen LogP) is 2.41. The monoisotopic (exact) mass is 318 g/mol. The Kier molecular flexibility index (Phi) is 5.21. The molecule has 0 saturated carbocycles. The number of aromatic nitrogens is 1. The summed E-state index contributed by atoms with van der Waals surface area (Å²) in [5.74, 6) is -1.21. The lowest BCUT2D eigenvalue weighted by Crippen LogP contribution is -2.15. The number of hydrazone groups is 1. The van der Waals surface area contributed by atoms with Gasteiger partial charge in [0.1, 0.15) is 12.8 Å². The number of nitrogens with one attached hydrogen (secondary N) is 1. The Hall–Kier alpha value is -2.74. The molecule has 0 radical (unpaired) electrons. The van der Waals surface area contributed by atoms with Gasteiger partial charge in [-0.25, -0.2) is 9.78 Å². The van der Waals surface area contributed by atoms with Crippen molar-refractivity contribution in [2.75, 3.05) is 12.5 Å². The van der Waals surface area contributed by atoms with E-state index in [9.17, 15) is 4.79 Å². The van der Waals surface area contributed by atoms with Gasteiger partial charge in [0.25, 0.3) is 0 Å². The summed E-state index contributed by atoms with van der Waals surface area (Å²) in [7, 11) is 1.28. The first kappa shape index (κ1) is 15.6. The number of carboxylic acids is 1. The average molecular weight is 318 g/mol. The third-order valence-electron chi connectivity index (χ3n) is 2.64. The molecule has 0 fully saturated rings. The number of anilines is 1. The second kappa shape index (κ2) is 7.32. The highest BCUT2D eigenvalue weighted by Gasteiger charge is 2.17. The molecule has 2 rings (SSSR count). The van der Waals surface area contributed by atoms with E-state index >= 15 is 0 Å².